The second-order valence-electron chi connectivity index (χ2n) is 6.74. The molecule has 0 nitrogen and oxygen atoms in total. The molecule has 4 heteroatoms. The number of hydrogen-bond acceptors (Lipinski definition) is 0. The van der Waals surface area contributed by atoms with E-state index in [0.29, 0.717) is 0 Å². The lowest BCUT2D eigenvalue weighted by Gasteiger charge is -2.16. The Morgan fingerprint density at radius 1 is 0.452 bits per heavy atom. The number of benzene rings is 4. The Bertz CT molecular complexity index is 905. The van der Waals surface area contributed by atoms with Crippen molar-refractivity contribution in [2.24, 2.45) is 0 Å². The van der Waals surface area contributed by atoms with Crippen molar-refractivity contribution >= 4 is 23.1 Å². The number of halogens is 3. The van der Waals surface area contributed by atoms with Crippen LogP contribution >= 0.6 is 0 Å². The normalized spacial score (nSPS) is 9.61. The second kappa shape index (κ2) is 12.4. The lowest BCUT2D eigenvalue weighted by molar-refractivity contribution is 0.627. The van der Waals surface area contributed by atoms with Crippen LogP contribution in [0.5, 0.6) is 0 Å². The highest BCUT2D eigenvalue weighted by Gasteiger charge is 2.21. The molecular weight excluding hydrogens is 392 g/mol. The first kappa shape index (κ1) is 24.0. The molecule has 0 aromatic heterocycles. The minimum atomic E-state index is -0.259. The maximum atomic E-state index is 13.2. The Hall–Kier alpha value is -3.27. The van der Waals surface area contributed by atoms with Crippen LogP contribution in [0.15, 0.2) is 103 Å². The van der Waals surface area contributed by atoms with Gasteiger partial charge in [-0.2, -0.15) is 0 Å². The van der Waals surface area contributed by atoms with Gasteiger partial charge in [-0.25, -0.2) is 13.2 Å². The molecule has 0 N–H and O–H groups in total. The maximum Gasteiger partial charge on any atom is 0.241 e. The van der Waals surface area contributed by atoms with Crippen LogP contribution in [0.3, 0.4) is 0 Å². The molecule has 4 aromatic rings. The fraction of sp³-hybridized carbons (Fsp3) is 0.111. The Morgan fingerprint density at radius 2 is 0.774 bits per heavy atom. The van der Waals surface area contributed by atoms with E-state index in [0.717, 1.165) is 16.4 Å². The molecule has 0 aliphatic carbocycles. The van der Waals surface area contributed by atoms with E-state index in [-0.39, 0.29) is 24.2 Å². The molecule has 4 rings (SSSR count). The summed E-state index contributed by atoms with van der Waals surface area (Å²) >= 11 is 0. The molecule has 0 spiro atoms. The predicted molar refractivity (Wildman–Crippen MR) is 126 cm³/mol. The fourth-order valence-electron chi connectivity index (χ4n) is 3.06. The van der Waals surface area contributed by atoms with Gasteiger partial charge >= 0.3 is 0 Å². The Balaban J connectivity index is 0.000000319. The molecule has 0 amide bonds. The quantitative estimate of drug-likeness (QED) is 0.378. The minimum Gasteiger partial charge on any atom is -0.207 e. The van der Waals surface area contributed by atoms with E-state index in [2.05, 4.69) is 24.3 Å². The van der Waals surface area contributed by atoms with E-state index in [4.69, 9.17) is 0 Å². The standard InChI is InChI=1S/C19H15BF2.C6H5F.C2H6/c1-14-2-4-15(5-3-14)20(16-6-10-18(21)11-7-16)17-8-12-19(22)13-9-17;7-6-4-2-1-3-5-6;1-2/h2-13H,1H3;1-5H;1-2H3. The van der Waals surface area contributed by atoms with Crippen LogP contribution in [0.2, 0.25) is 0 Å². The Labute approximate surface area is 183 Å². The molecule has 0 bridgehead atoms. The van der Waals surface area contributed by atoms with Crippen LogP contribution in [0.4, 0.5) is 13.2 Å². The highest BCUT2D eigenvalue weighted by molar-refractivity contribution is 6.95. The molecule has 0 aliphatic rings. The van der Waals surface area contributed by atoms with Crippen molar-refractivity contribution in [2.45, 2.75) is 20.8 Å². The summed E-state index contributed by atoms with van der Waals surface area (Å²) in [6.45, 7) is 6.00. The molecule has 0 atom stereocenters. The molecule has 0 radical (unpaired) electrons. The van der Waals surface area contributed by atoms with E-state index in [9.17, 15) is 13.2 Å². The predicted octanol–water partition coefficient (Wildman–Crippen LogP) is 5.64. The first-order valence-electron chi connectivity index (χ1n) is 10.3. The van der Waals surface area contributed by atoms with Gasteiger partial charge in [0.2, 0.25) is 6.71 Å². The summed E-state index contributed by atoms with van der Waals surface area (Å²) in [5, 5.41) is 0. The van der Waals surface area contributed by atoms with Gasteiger partial charge < -0.3 is 0 Å². The van der Waals surface area contributed by atoms with E-state index < -0.39 is 0 Å². The number of aryl methyl sites for hydroxylation is 1. The topological polar surface area (TPSA) is 0 Å². The van der Waals surface area contributed by atoms with Crippen molar-refractivity contribution in [2.75, 3.05) is 0 Å². The van der Waals surface area contributed by atoms with Crippen molar-refractivity contribution in [1.29, 1.82) is 0 Å². The average molecular weight is 418 g/mol. The highest BCUT2D eigenvalue weighted by atomic mass is 19.1. The molecule has 4 aromatic carbocycles. The molecule has 0 saturated heterocycles. The van der Waals surface area contributed by atoms with Crippen LogP contribution in [-0.2, 0) is 0 Å². The van der Waals surface area contributed by atoms with Gasteiger partial charge in [0.1, 0.15) is 17.5 Å². The van der Waals surface area contributed by atoms with Gasteiger partial charge in [-0.1, -0.05) is 103 Å². The minimum absolute atomic E-state index is 0.0400. The van der Waals surface area contributed by atoms with Gasteiger partial charge in [0.25, 0.3) is 0 Å². The van der Waals surface area contributed by atoms with Gasteiger partial charge in [-0.15, -0.1) is 0 Å². The van der Waals surface area contributed by atoms with E-state index in [1.165, 1.54) is 42.0 Å². The summed E-state index contributed by atoms with van der Waals surface area (Å²) in [5.41, 5.74) is 4.25. The van der Waals surface area contributed by atoms with Crippen LogP contribution in [-0.4, -0.2) is 6.71 Å². The van der Waals surface area contributed by atoms with Gasteiger partial charge in [0, 0.05) is 0 Å². The average Bonchev–Trinajstić information content (AvgIpc) is 2.80. The lowest BCUT2D eigenvalue weighted by Crippen LogP contribution is -2.51. The van der Waals surface area contributed by atoms with Gasteiger partial charge in [0.15, 0.2) is 0 Å². The van der Waals surface area contributed by atoms with E-state index >= 15 is 0 Å². The summed E-state index contributed by atoms with van der Waals surface area (Å²) < 4.78 is 38.3. The first-order chi connectivity index (χ1) is 15.0. The zero-order chi connectivity index (χ0) is 22.6. The lowest BCUT2D eigenvalue weighted by atomic mass is 9.37. The maximum absolute atomic E-state index is 13.2. The molecular formula is C27H26BF3. The van der Waals surface area contributed by atoms with Crippen molar-refractivity contribution in [3.8, 4) is 0 Å². The monoisotopic (exact) mass is 418 g/mol. The van der Waals surface area contributed by atoms with Crippen molar-refractivity contribution < 1.29 is 13.2 Å². The summed E-state index contributed by atoms with van der Waals surface area (Å²) in [5.74, 6) is -0.696. The number of hydrogen-bond donors (Lipinski definition) is 0. The van der Waals surface area contributed by atoms with Crippen LogP contribution in [0.25, 0.3) is 0 Å². The smallest absolute Gasteiger partial charge is 0.207 e. The van der Waals surface area contributed by atoms with E-state index in [1.54, 1.807) is 42.5 Å². The highest BCUT2D eigenvalue weighted by Crippen LogP contribution is 2.01. The summed E-state index contributed by atoms with van der Waals surface area (Å²) in [6.07, 6.45) is 0. The summed E-state index contributed by atoms with van der Waals surface area (Å²) in [7, 11) is 0. The van der Waals surface area contributed by atoms with Gasteiger partial charge in [0.05, 0.1) is 0 Å². The van der Waals surface area contributed by atoms with Gasteiger partial charge in [-0.05, 0) is 43.3 Å². The third-order valence-corrected chi connectivity index (χ3v) is 4.55. The summed E-state index contributed by atoms with van der Waals surface area (Å²) in [4.78, 5) is 0. The van der Waals surface area contributed by atoms with Crippen molar-refractivity contribution in [3.63, 3.8) is 0 Å². The molecule has 31 heavy (non-hydrogen) atoms. The zero-order valence-corrected chi connectivity index (χ0v) is 18.0. The molecule has 0 unspecified atom stereocenters. The third-order valence-electron chi connectivity index (χ3n) is 4.55. The van der Waals surface area contributed by atoms with Crippen LogP contribution in [0, 0.1) is 24.4 Å². The van der Waals surface area contributed by atoms with Crippen molar-refractivity contribution in [3.05, 3.63) is 126 Å². The van der Waals surface area contributed by atoms with Crippen LogP contribution < -0.4 is 16.4 Å². The second-order valence-corrected chi connectivity index (χ2v) is 6.74. The Kier molecular flexibility index (Phi) is 9.63. The molecule has 0 heterocycles. The largest absolute Gasteiger partial charge is 0.241 e. The SMILES string of the molecule is CC.Cc1ccc(B(c2ccc(F)cc2)c2ccc(F)cc2)cc1.Fc1ccccc1. The first-order valence-corrected chi connectivity index (χ1v) is 10.3. The Morgan fingerprint density at radius 3 is 1.10 bits per heavy atom. The number of rotatable bonds is 3. The van der Waals surface area contributed by atoms with E-state index in [1.807, 2.05) is 20.8 Å². The van der Waals surface area contributed by atoms with Crippen LogP contribution in [0.1, 0.15) is 19.4 Å². The third kappa shape index (κ3) is 7.49. The van der Waals surface area contributed by atoms with Gasteiger partial charge in [-0.3, -0.25) is 0 Å². The summed E-state index contributed by atoms with van der Waals surface area (Å²) in [6, 6.07) is 29.1. The zero-order valence-electron chi connectivity index (χ0n) is 18.0. The fourth-order valence-corrected chi connectivity index (χ4v) is 3.06. The molecule has 0 saturated carbocycles. The molecule has 0 aliphatic heterocycles. The van der Waals surface area contributed by atoms with Crippen molar-refractivity contribution in [1.82, 2.24) is 0 Å². The molecule has 158 valence electrons. The molecule has 0 fully saturated rings.